The molecule has 2 saturated carbocycles. The van der Waals surface area contributed by atoms with Crippen LogP contribution >= 0.6 is 0 Å². The third-order valence-corrected chi connectivity index (χ3v) is 7.96. The van der Waals surface area contributed by atoms with Crippen LogP contribution in [0.5, 0.6) is 11.8 Å². The molecule has 1 aromatic carbocycles. The average Bonchev–Trinajstić information content (AvgIpc) is 3.65. The van der Waals surface area contributed by atoms with Gasteiger partial charge in [-0.05, 0) is 44.6 Å². The van der Waals surface area contributed by atoms with Crippen molar-refractivity contribution in [1.82, 2.24) is 39.3 Å². The number of ether oxygens (including phenoxy) is 2. The second kappa shape index (κ2) is 10.6. The Bertz CT molecular complexity index is 1790. The van der Waals surface area contributed by atoms with Gasteiger partial charge in [-0.3, -0.25) is 0 Å². The molecule has 0 atom stereocenters. The van der Waals surface area contributed by atoms with Crippen molar-refractivity contribution in [2.45, 2.75) is 70.3 Å². The van der Waals surface area contributed by atoms with Gasteiger partial charge in [-0.2, -0.15) is 13.2 Å². The highest BCUT2D eigenvalue weighted by Gasteiger charge is 2.35. The maximum absolute atomic E-state index is 13.3. The van der Waals surface area contributed by atoms with Crippen molar-refractivity contribution in [3.05, 3.63) is 59.9 Å². The van der Waals surface area contributed by atoms with Crippen LogP contribution in [0.2, 0.25) is 0 Å². The summed E-state index contributed by atoms with van der Waals surface area (Å²) < 4.78 is 54.9. The first kappa shape index (κ1) is 27.3. The molecular formula is C30H29F3N8O2. The summed E-state index contributed by atoms with van der Waals surface area (Å²) in [5.74, 6) is 1.94. The lowest BCUT2D eigenvalue weighted by Gasteiger charge is -2.25. The summed E-state index contributed by atoms with van der Waals surface area (Å²) >= 11 is 0. The van der Waals surface area contributed by atoms with Crippen LogP contribution in [0.4, 0.5) is 13.2 Å². The molecule has 0 aliphatic heterocycles. The molecule has 2 aliphatic rings. The number of benzene rings is 1. The van der Waals surface area contributed by atoms with E-state index in [-0.39, 0.29) is 11.9 Å². The zero-order valence-corrected chi connectivity index (χ0v) is 23.7. The van der Waals surface area contributed by atoms with E-state index in [9.17, 15) is 13.2 Å². The Kier molecular flexibility index (Phi) is 6.74. The van der Waals surface area contributed by atoms with Crippen LogP contribution in [0.1, 0.15) is 61.9 Å². The normalized spacial score (nSPS) is 15.6. The standard InChI is InChI=1S/C30H29F3N8O2/c1-3-40-15-22(30(31,32)33)37-26(40)19-9-7-17(8-10-19)14-41-27-21(28(39-41)43-20-5-4-6-20)13-34-25(38-27)23-24(18-11-12-18)35-16-36-29(23)42-2/h7-10,13,15-16,18,20H,3-6,11-12,14H2,1-2H3. The van der Waals surface area contributed by atoms with Crippen LogP contribution in [-0.4, -0.2) is 52.5 Å². The fourth-order valence-electron chi connectivity index (χ4n) is 5.27. The zero-order chi connectivity index (χ0) is 29.7. The number of aryl methyl sites for hydroxylation is 1. The quantitative estimate of drug-likeness (QED) is 0.204. The molecule has 4 heterocycles. The van der Waals surface area contributed by atoms with E-state index in [4.69, 9.17) is 19.6 Å². The molecule has 0 spiro atoms. The van der Waals surface area contributed by atoms with Crippen LogP contribution < -0.4 is 9.47 Å². The summed E-state index contributed by atoms with van der Waals surface area (Å²) in [4.78, 5) is 22.3. The lowest BCUT2D eigenvalue weighted by Crippen LogP contribution is -2.24. The third-order valence-electron chi connectivity index (χ3n) is 7.96. The fraction of sp³-hybridized carbons (Fsp3) is 0.400. The zero-order valence-electron chi connectivity index (χ0n) is 23.7. The molecule has 7 rings (SSSR count). The van der Waals surface area contributed by atoms with Gasteiger partial charge in [-0.15, -0.1) is 5.10 Å². The maximum Gasteiger partial charge on any atom is 0.434 e. The molecule has 2 fully saturated rings. The number of nitrogens with zero attached hydrogens (tertiary/aromatic N) is 8. The van der Waals surface area contributed by atoms with Gasteiger partial charge in [0.25, 0.3) is 0 Å². The Morgan fingerprint density at radius 1 is 0.977 bits per heavy atom. The largest absolute Gasteiger partial charge is 0.480 e. The highest BCUT2D eigenvalue weighted by Crippen LogP contribution is 2.45. The summed E-state index contributed by atoms with van der Waals surface area (Å²) in [7, 11) is 1.57. The number of fused-ring (bicyclic) bond motifs is 1. The lowest BCUT2D eigenvalue weighted by molar-refractivity contribution is -0.140. The van der Waals surface area contributed by atoms with Gasteiger partial charge < -0.3 is 14.0 Å². The van der Waals surface area contributed by atoms with Crippen LogP contribution in [0.25, 0.3) is 33.8 Å². The van der Waals surface area contributed by atoms with Gasteiger partial charge in [0.05, 0.1) is 19.3 Å². The molecule has 13 heteroatoms. The monoisotopic (exact) mass is 590 g/mol. The molecule has 0 radical (unpaired) electrons. The minimum atomic E-state index is -4.51. The summed E-state index contributed by atoms with van der Waals surface area (Å²) in [6.07, 6.45) is 5.02. The number of hydrogen-bond donors (Lipinski definition) is 0. The SMILES string of the molecule is CCn1cc(C(F)(F)F)nc1-c1ccc(Cn2nc(OC3CCC3)c3cnc(-c4c(OC)ncnc4C4CC4)nc32)cc1. The van der Waals surface area contributed by atoms with Gasteiger partial charge in [-0.25, -0.2) is 29.6 Å². The molecule has 0 amide bonds. The first-order chi connectivity index (χ1) is 20.8. The van der Waals surface area contributed by atoms with Gasteiger partial charge in [0, 0.05) is 30.4 Å². The van der Waals surface area contributed by atoms with E-state index in [1.54, 1.807) is 37.0 Å². The van der Waals surface area contributed by atoms with E-state index in [0.717, 1.165) is 49.6 Å². The number of alkyl halides is 3. The van der Waals surface area contributed by atoms with Crippen molar-refractivity contribution in [3.8, 4) is 34.5 Å². The molecule has 0 saturated heterocycles. The Balaban J connectivity index is 1.25. The molecule has 10 nitrogen and oxygen atoms in total. The molecular weight excluding hydrogens is 561 g/mol. The van der Waals surface area contributed by atoms with Crippen LogP contribution in [-0.2, 0) is 19.3 Å². The Hall–Kier alpha value is -4.55. The number of aromatic nitrogens is 8. The average molecular weight is 591 g/mol. The smallest absolute Gasteiger partial charge is 0.434 e. The summed E-state index contributed by atoms with van der Waals surface area (Å²) in [5.41, 5.74) is 2.71. The Labute approximate surface area is 245 Å². The second-order valence-corrected chi connectivity index (χ2v) is 10.9. The minimum Gasteiger partial charge on any atom is -0.480 e. The van der Waals surface area contributed by atoms with Crippen LogP contribution in [0.15, 0.2) is 43.0 Å². The van der Waals surface area contributed by atoms with Crippen molar-refractivity contribution in [3.63, 3.8) is 0 Å². The molecule has 2 aliphatic carbocycles. The number of methoxy groups -OCH3 is 1. The highest BCUT2D eigenvalue weighted by atomic mass is 19.4. The molecule has 43 heavy (non-hydrogen) atoms. The van der Waals surface area contributed by atoms with E-state index >= 15 is 0 Å². The topological polar surface area (TPSA) is 106 Å². The van der Waals surface area contributed by atoms with Crippen molar-refractivity contribution in [2.24, 2.45) is 0 Å². The second-order valence-electron chi connectivity index (χ2n) is 10.9. The number of rotatable bonds is 9. The summed E-state index contributed by atoms with van der Waals surface area (Å²) in [6, 6.07) is 7.27. The van der Waals surface area contributed by atoms with Gasteiger partial charge in [-0.1, -0.05) is 24.3 Å². The summed E-state index contributed by atoms with van der Waals surface area (Å²) in [6.45, 7) is 2.51. The van der Waals surface area contributed by atoms with Gasteiger partial charge in [0.2, 0.25) is 11.8 Å². The molecule has 0 N–H and O–H groups in total. The molecule has 5 aromatic rings. The molecule has 222 valence electrons. The minimum absolute atomic E-state index is 0.110. The van der Waals surface area contributed by atoms with E-state index in [2.05, 4.69) is 19.9 Å². The van der Waals surface area contributed by atoms with Crippen LogP contribution in [0, 0.1) is 0 Å². The summed E-state index contributed by atoms with van der Waals surface area (Å²) in [5, 5.41) is 5.48. The third kappa shape index (κ3) is 5.17. The van der Waals surface area contributed by atoms with Gasteiger partial charge in [0.15, 0.2) is 17.2 Å². The number of hydrogen-bond acceptors (Lipinski definition) is 8. The number of imidazole rings is 1. The van der Waals surface area contributed by atoms with Gasteiger partial charge >= 0.3 is 6.18 Å². The Morgan fingerprint density at radius 3 is 2.42 bits per heavy atom. The Morgan fingerprint density at radius 2 is 1.77 bits per heavy atom. The predicted octanol–water partition coefficient (Wildman–Crippen LogP) is 6.05. The van der Waals surface area contributed by atoms with E-state index in [1.165, 1.54) is 10.9 Å². The fourth-order valence-corrected chi connectivity index (χ4v) is 5.27. The predicted molar refractivity (Wildman–Crippen MR) is 151 cm³/mol. The first-order valence-electron chi connectivity index (χ1n) is 14.4. The maximum atomic E-state index is 13.3. The lowest BCUT2D eigenvalue weighted by atomic mass is 9.96. The van der Waals surface area contributed by atoms with Crippen molar-refractivity contribution < 1.29 is 22.6 Å². The van der Waals surface area contributed by atoms with Crippen molar-refractivity contribution in [2.75, 3.05) is 7.11 Å². The highest BCUT2D eigenvalue weighted by molar-refractivity contribution is 5.83. The van der Waals surface area contributed by atoms with E-state index in [0.29, 0.717) is 58.8 Å². The van der Waals surface area contributed by atoms with E-state index < -0.39 is 11.9 Å². The number of halogens is 3. The van der Waals surface area contributed by atoms with E-state index in [1.807, 2.05) is 12.1 Å². The van der Waals surface area contributed by atoms with Gasteiger partial charge in [0.1, 0.15) is 29.2 Å². The van der Waals surface area contributed by atoms with Crippen molar-refractivity contribution in [1.29, 1.82) is 0 Å². The molecule has 0 bridgehead atoms. The van der Waals surface area contributed by atoms with Crippen LogP contribution in [0.3, 0.4) is 0 Å². The molecule has 4 aromatic heterocycles. The molecule has 0 unspecified atom stereocenters. The van der Waals surface area contributed by atoms with Crippen molar-refractivity contribution >= 4 is 11.0 Å². The first-order valence-corrected chi connectivity index (χ1v) is 14.4.